The van der Waals surface area contributed by atoms with E-state index in [0.29, 0.717) is 11.7 Å². The van der Waals surface area contributed by atoms with Gasteiger partial charge in [0.25, 0.3) is 5.91 Å². The molecule has 0 spiro atoms. The Bertz CT molecular complexity index is 417. The Balaban J connectivity index is 0.000000148. The SMILES string of the molecule is CC(C)N1CCCC1.NC(=O)c1cn(C2CC2)cn1. The lowest BCUT2D eigenvalue weighted by atomic mass is 10.3. The van der Waals surface area contributed by atoms with Crippen molar-refractivity contribution in [3.63, 3.8) is 0 Å². The van der Waals surface area contributed by atoms with E-state index < -0.39 is 5.91 Å². The lowest BCUT2D eigenvalue weighted by Crippen LogP contribution is -2.26. The molecule has 2 N–H and O–H groups in total. The van der Waals surface area contributed by atoms with E-state index in [1.54, 1.807) is 12.5 Å². The second-order valence-electron chi connectivity index (χ2n) is 5.64. The third-order valence-corrected chi connectivity index (χ3v) is 3.69. The van der Waals surface area contributed by atoms with Crippen LogP contribution in [0.5, 0.6) is 0 Å². The molecule has 0 aromatic carbocycles. The molecule has 5 heteroatoms. The van der Waals surface area contributed by atoms with Gasteiger partial charge in [0, 0.05) is 18.3 Å². The smallest absolute Gasteiger partial charge is 0.268 e. The van der Waals surface area contributed by atoms with Gasteiger partial charge in [-0.1, -0.05) is 0 Å². The summed E-state index contributed by atoms with van der Waals surface area (Å²) in [6, 6.07) is 1.34. The van der Waals surface area contributed by atoms with Crippen LogP contribution in [-0.2, 0) is 0 Å². The van der Waals surface area contributed by atoms with Crippen molar-refractivity contribution in [2.45, 2.75) is 51.6 Å². The minimum absolute atomic E-state index is 0.358. The molecule has 0 unspecified atom stereocenters. The second-order valence-corrected chi connectivity index (χ2v) is 5.64. The van der Waals surface area contributed by atoms with Crippen molar-refractivity contribution in [3.8, 4) is 0 Å². The summed E-state index contributed by atoms with van der Waals surface area (Å²) >= 11 is 0. The van der Waals surface area contributed by atoms with Gasteiger partial charge in [0.15, 0.2) is 0 Å². The molecule has 0 bridgehead atoms. The largest absolute Gasteiger partial charge is 0.364 e. The fourth-order valence-electron chi connectivity index (χ4n) is 2.29. The maximum Gasteiger partial charge on any atom is 0.268 e. The molecule has 1 aliphatic heterocycles. The van der Waals surface area contributed by atoms with E-state index >= 15 is 0 Å². The Morgan fingerprint density at radius 1 is 1.37 bits per heavy atom. The topological polar surface area (TPSA) is 64.2 Å². The Kier molecular flexibility index (Phi) is 4.58. The van der Waals surface area contributed by atoms with Crippen LogP contribution in [0, 0.1) is 0 Å². The van der Waals surface area contributed by atoms with Crippen LogP contribution in [0.3, 0.4) is 0 Å². The standard InChI is InChI=1S/C7H9N3O.C7H15N/c8-7(11)6-3-10(4-9-6)5-1-2-5;1-7(2)8-5-3-4-6-8/h3-5H,1-2H2,(H2,8,11);7H,3-6H2,1-2H3. The Labute approximate surface area is 114 Å². The molecule has 5 nitrogen and oxygen atoms in total. The summed E-state index contributed by atoms with van der Waals surface area (Å²) in [5, 5.41) is 0. The summed E-state index contributed by atoms with van der Waals surface area (Å²) in [6.07, 6.45) is 8.58. The van der Waals surface area contributed by atoms with Gasteiger partial charge >= 0.3 is 0 Å². The van der Waals surface area contributed by atoms with Gasteiger partial charge in [-0.2, -0.15) is 0 Å². The molecule has 1 saturated heterocycles. The van der Waals surface area contributed by atoms with Crippen molar-refractivity contribution in [3.05, 3.63) is 18.2 Å². The predicted octanol–water partition coefficient (Wildman–Crippen LogP) is 1.81. The lowest BCUT2D eigenvalue weighted by Gasteiger charge is -2.18. The normalized spacial score (nSPS) is 19.3. The van der Waals surface area contributed by atoms with Crippen molar-refractivity contribution in [2.75, 3.05) is 13.1 Å². The minimum Gasteiger partial charge on any atom is -0.364 e. The van der Waals surface area contributed by atoms with Gasteiger partial charge in [0.05, 0.1) is 6.33 Å². The van der Waals surface area contributed by atoms with Crippen LogP contribution >= 0.6 is 0 Å². The molecule has 2 aliphatic rings. The van der Waals surface area contributed by atoms with Crippen molar-refractivity contribution < 1.29 is 4.79 Å². The average Bonchev–Trinajstić information content (AvgIpc) is 2.92. The highest BCUT2D eigenvalue weighted by atomic mass is 16.1. The van der Waals surface area contributed by atoms with Crippen molar-refractivity contribution in [1.29, 1.82) is 0 Å². The fourth-order valence-corrected chi connectivity index (χ4v) is 2.29. The zero-order chi connectivity index (χ0) is 13.8. The van der Waals surface area contributed by atoms with Crippen molar-refractivity contribution in [1.82, 2.24) is 14.5 Å². The first kappa shape index (κ1) is 14.1. The molecule has 2 heterocycles. The van der Waals surface area contributed by atoms with Crippen molar-refractivity contribution >= 4 is 5.91 Å². The Morgan fingerprint density at radius 2 is 2.00 bits per heavy atom. The Morgan fingerprint density at radius 3 is 2.37 bits per heavy atom. The average molecular weight is 264 g/mol. The van der Waals surface area contributed by atoms with E-state index in [4.69, 9.17) is 5.73 Å². The highest BCUT2D eigenvalue weighted by Gasteiger charge is 2.23. The first-order chi connectivity index (χ1) is 9.08. The van der Waals surface area contributed by atoms with Gasteiger partial charge in [-0.05, 0) is 52.6 Å². The van der Waals surface area contributed by atoms with E-state index in [1.807, 2.05) is 4.57 Å². The summed E-state index contributed by atoms with van der Waals surface area (Å²) in [6.45, 7) is 7.20. The zero-order valence-corrected chi connectivity index (χ0v) is 11.9. The number of imidazole rings is 1. The van der Waals surface area contributed by atoms with Gasteiger partial charge < -0.3 is 15.2 Å². The highest BCUT2D eigenvalue weighted by molar-refractivity contribution is 5.90. The number of carbonyl (C=O) groups is 1. The number of nitrogens with two attached hydrogens (primary N) is 1. The molecule has 3 rings (SSSR count). The Hall–Kier alpha value is -1.36. The molecule has 1 aliphatic carbocycles. The lowest BCUT2D eigenvalue weighted by molar-refractivity contribution is 0.0996. The molecule has 1 aromatic heterocycles. The zero-order valence-electron chi connectivity index (χ0n) is 11.9. The molecule has 1 saturated carbocycles. The van der Waals surface area contributed by atoms with Gasteiger partial charge in [-0.25, -0.2) is 4.98 Å². The third kappa shape index (κ3) is 4.06. The first-order valence-corrected chi connectivity index (χ1v) is 7.15. The predicted molar refractivity (Wildman–Crippen MR) is 75.0 cm³/mol. The fraction of sp³-hybridized carbons (Fsp3) is 0.714. The van der Waals surface area contributed by atoms with Crippen LogP contribution in [0.1, 0.15) is 56.1 Å². The number of hydrogen-bond donors (Lipinski definition) is 1. The van der Waals surface area contributed by atoms with Crippen molar-refractivity contribution in [2.24, 2.45) is 5.73 Å². The maximum atomic E-state index is 10.6. The van der Waals surface area contributed by atoms with Crippen LogP contribution in [0.2, 0.25) is 0 Å². The summed E-state index contributed by atoms with van der Waals surface area (Å²) in [4.78, 5) is 17.0. The van der Waals surface area contributed by atoms with Gasteiger partial charge in [-0.3, -0.25) is 4.79 Å². The first-order valence-electron chi connectivity index (χ1n) is 7.15. The van der Waals surface area contributed by atoms with Gasteiger partial charge in [0.1, 0.15) is 5.69 Å². The maximum absolute atomic E-state index is 10.6. The van der Waals surface area contributed by atoms with Crippen LogP contribution in [-0.4, -0.2) is 39.5 Å². The number of primary amides is 1. The highest BCUT2D eigenvalue weighted by Crippen LogP contribution is 2.34. The van der Waals surface area contributed by atoms with E-state index in [1.165, 1.54) is 38.8 Å². The minimum atomic E-state index is -0.454. The molecular weight excluding hydrogens is 240 g/mol. The molecule has 0 atom stereocenters. The summed E-state index contributed by atoms with van der Waals surface area (Å²) in [5.41, 5.74) is 5.39. The number of nitrogens with zero attached hydrogens (tertiary/aromatic N) is 3. The molecular formula is C14H24N4O. The molecule has 1 amide bonds. The number of likely N-dealkylation sites (tertiary alicyclic amines) is 1. The molecule has 0 radical (unpaired) electrons. The number of rotatable bonds is 3. The number of aromatic nitrogens is 2. The summed E-state index contributed by atoms with van der Waals surface area (Å²) < 4.78 is 1.94. The second kappa shape index (κ2) is 6.19. The summed E-state index contributed by atoms with van der Waals surface area (Å²) in [7, 11) is 0. The van der Waals surface area contributed by atoms with Gasteiger partial charge in [-0.15, -0.1) is 0 Å². The van der Waals surface area contributed by atoms with Crippen LogP contribution in [0.4, 0.5) is 0 Å². The third-order valence-electron chi connectivity index (χ3n) is 3.69. The van der Waals surface area contributed by atoms with Crippen LogP contribution in [0.15, 0.2) is 12.5 Å². The number of hydrogen-bond acceptors (Lipinski definition) is 3. The quantitative estimate of drug-likeness (QED) is 0.905. The summed E-state index contributed by atoms with van der Waals surface area (Å²) in [5.74, 6) is -0.454. The van der Waals surface area contributed by atoms with E-state index in [-0.39, 0.29) is 0 Å². The molecule has 19 heavy (non-hydrogen) atoms. The van der Waals surface area contributed by atoms with E-state index in [0.717, 1.165) is 6.04 Å². The van der Waals surface area contributed by atoms with Gasteiger partial charge in [0.2, 0.25) is 0 Å². The van der Waals surface area contributed by atoms with E-state index in [2.05, 4.69) is 23.7 Å². The van der Waals surface area contributed by atoms with Crippen LogP contribution < -0.4 is 5.73 Å². The number of amides is 1. The molecule has 2 fully saturated rings. The van der Waals surface area contributed by atoms with Crippen LogP contribution in [0.25, 0.3) is 0 Å². The molecule has 106 valence electrons. The number of carbonyl (C=O) groups excluding carboxylic acids is 1. The molecule has 1 aromatic rings. The van der Waals surface area contributed by atoms with E-state index in [9.17, 15) is 4.79 Å². The monoisotopic (exact) mass is 264 g/mol.